The molecule has 0 saturated carbocycles. The van der Waals surface area contributed by atoms with E-state index >= 15 is 0 Å². The highest BCUT2D eigenvalue weighted by atomic mass is 35.5. The van der Waals surface area contributed by atoms with E-state index in [-0.39, 0.29) is 29.0 Å². The fraction of sp³-hybridized carbons (Fsp3) is 0.394. The molecule has 0 aliphatic carbocycles. The number of esters is 2. The number of nitrogens with one attached hydrogen (secondary N) is 1. The van der Waals surface area contributed by atoms with Gasteiger partial charge in [-0.25, -0.2) is 9.78 Å². The number of ether oxygens (including phenoxy) is 4. The van der Waals surface area contributed by atoms with Crippen LogP contribution in [0.15, 0.2) is 66.9 Å². The van der Waals surface area contributed by atoms with Crippen molar-refractivity contribution in [1.82, 2.24) is 10.3 Å². The SMILES string of the molecule is COc1ccnc(C(=O)NC2CCCC(Cc3ccc(Cl)cc3)C(Cc3ccccc3)C(C)OC2=O)c1OCOC(C)=O. The smallest absolute Gasteiger partial charge is 0.328 e. The number of hydrogen-bond donors (Lipinski definition) is 1. The van der Waals surface area contributed by atoms with Gasteiger partial charge in [-0.3, -0.25) is 9.59 Å². The lowest BCUT2D eigenvalue weighted by Crippen LogP contribution is -2.43. The highest BCUT2D eigenvalue weighted by Gasteiger charge is 2.35. The molecule has 43 heavy (non-hydrogen) atoms. The molecule has 1 fully saturated rings. The Labute approximate surface area is 256 Å². The molecule has 4 unspecified atom stereocenters. The quantitative estimate of drug-likeness (QED) is 0.235. The van der Waals surface area contributed by atoms with Gasteiger partial charge in [-0.1, -0.05) is 60.5 Å². The lowest BCUT2D eigenvalue weighted by molar-refractivity contribution is -0.154. The van der Waals surface area contributed by atoms with Crippen LogP contribution >= 0.6 is 11.6 Å². The van der Waals surface area contributed by atoms with Crippen LogP contribution in [-0.4, -0.2) is 48.9 Å². The third-order valence-electron chi connectivity index (χ3n) is 7.66. The van der Waals surface area contributed by atoms with Gasteiger partial charge in [0.05, 0.1) is 7.11 Å². The topological polar surface area (TPSA) is 113 Å². The van der Waals surface area contributed by atoms with Crippen LogP contribution in [0.3, 0.4) is 0 Å². The predicted octanol–water partition coefficient (Wildman–Crippen LogP) is 5.57. The van der Waals surface area contributed by atoms with Gasteiger partial charge in [0, 0.05) is 30.1 Å². The second-order valence-corrected chi connectivity index (χ2v) is 11.1. The summed E-state index contributed by atoms with van der Waals surface area (Å²) in [5.74, 6) is -1.18. The van der Waals surface area contributed by atoms with E-state index in [4.69, 9.17) is 30.5 Å². The largest absolute Gasteiger partial charge is 0.493 e. The minimum absolute atomic E-state index is 0.000458. The first-order valence-electron chi connectivity index (χ1n) is 14.3. The summed E-state index contributed by atoms with van der Waals surface area (Å²) in [5.41, 5.74) is 2.24. The number of amides is 1. The predicted molar refractivity (Wildman–Crippen MR) is 161 cm³/mol. The number of cyclic esters (lactones) is 1. The maximum Gasteiger partial charge on any atom is 0.328 e. The average Bonchev–Trinajstić information content (AvgIpc) is 3.04. The second kappa shape index (κ2) is 15.4. The molecular formula is C33H37ClN2O7. The van der Waals surface area contributed by atoms with Gasteiger partial charge in [-0.2, -0.15) is 0 Å². The Morgan fingerprint density at radius 2 is 1.74 bits per heavy atom. The number of carbonyl (C=O) groups excluding carboxylic acids is 3. The number of pyridine rings is 1. The van der Waals surface area contributed by atoms with Gasteiger partial charge < -0.3 is 24.3 Å². The fourth-order valence-electron chi connectivity index (χ4n) is 5.47. The number of aromatic nitrogens is 1. The Balaban J connectivity index is 1.54. The van der Waals surface area contributed by atoms with Crippen LogP contribution in [0, 0.1) is 11.8 Å². The van der Waals surface area contributed by atoms with Crippen molar-refractivity contribution >= 4 is 29.4 Å². The van der Waals surface area contributed by atoms with Crippen LogP contribution in [-0.2, 0) is 31.9 Å². The lowest BCUT2D eigenvalue weighted by Gasteiger charge is -2.31. The normalized spacial score (nSPS) is 20.5. The van der Waals surface area contributed by atoms with Crippen LogP contribution in [0.4, 0.5) is 0 Å². The first-order chi connectivity index (χ1) is 20.7. The number of carbonyl (C=O) groups is 3. The third kappa shape index (κ3) is 8.94. The average molecular weight is 609 g/mol. The Hall–Kier alpha value is -4.11. The second-order valence-electron chi connectivity index (χ2n) is 10.6. The Kier molecular flexibility index (Phi) is 11.4. The van der Waals surface area contributed by atoms with Crippen molar-refractivity contribution in [1.29, 1.82) is 0 Å². The van der Waals surface area contributed by atoms with Gasteiger partial charge in [0.1, 0.15) is 12.1 Å². The van der Waals surface area contributed by atoms with Crippen molar-refractivity contribution in [3.8, 4) is 11.5 Å². The number of benzene rings is 2. The summed E-state index contributed by atoms with van der Waals surface area (Å²) >= 11 is 6.13. The van der Waals surface area contributed by atoms with E-state index in [0.29, 0.717) is 17.9 Å². The third-order valence-corrected chi connectivity index (χ3v) is 7.91. The molecule has 2 aromatic carbocycles. The highest BCUT2D eigenvalue weighted by Crippen LogP contribution is 2.33. The van der Waals surface area contributed by atoms with Crippen molar-refractivity contribution < 1.29 is 33.3 Å². The molecule has 1 saturated heterocycles. The van der Waals surface area contributed by atoms with E-state index in [2.05, 4.69) is 22.4 Å². The number of hydrogen-bond acceptors (Lipinski definition) is 8. The first kappa shape index (κ1) is 31.8. The molecule has 10 heteroatoms. The van der Waals surface area contributed by atoms with E-state index in [1.54, 1.807) is 0 Å². The zero-order chi connectivity index (χ0) is 30.8. The molecule has 1 aromatic heterocycles. The molecule has 4 rings (SSSR count). The van der Waals surface area contributed by atoms with Crippen molar-refractivity contribution in [3.05, 3.63) is 88.7 Å². The van der Waals surface area contributed by atoms with Crippen LogP contribution in [0.5, 0.6) is 11.5 Å². The van der Waals surface area contributed by atoms with Crippen LogP contribution in [0.25, 0.3) is 0 Å². The van der Waals surface area contributed by atoms with Crippen LogP contribution in [0.2, 0.25) is 5.02 Å². The molecule has 0 radical (unpaired) electrons. The van der Waals surface area contributed by atoms with Crippen molar-refractivity contribution in [2.75, 3.05) is 13.9 Å². The molecule has 1 amide bonds. The Morgan fingerprint density at radius 3 is 2.44 bits per heavy atom. The number of rotatable bonds is 10. The van der Waals surface area contributed by atoms with E-state index in [1.165, 1.54) is 37.4 Å². The first-order valence-corrected chi connectivity index (χ1v) is 14.7. The van der Waals surface area contributed by atoms with Crippen molar-refractivity contribution in [2.45, 2.75) is 58.1 Å². The fourth-order valence-corrected chi connectivity index (χ4v) is 5.60. The summed E-state index contributed by atoms with van der Waals surface area (Å²) in [5, 5.41) is 3.48. The highest BCUT2D eigenvalue weighted by molar-refractivity contribution is 6.30. The minimum Gasteiger partial charge on any atom is -0.493 e. The molecule has 0 bridgehead atoms. The maximum absolute atomic E-state index is 13.5. The van der Waals surface area contributed by atoms with Gasteiger partial charge >= 0.3 is 11.9 Å². The van der Waals surface area contributed by atoms with E-state index in [1.807, 2.05) is 49.4 Å². The van der Waals surface area contributed by atoms with Gasteiger partial charge in [0.25, 0.3) is 5.91 Å². The molecule has 2 heterocycles. The van der Waals surface area contributed by atoms with E-state index < -0.39 is 36.8 Å². The number of halogens is 1. The maximum atomic E-state index is 13.5. The molecule has 0 spiro atoms. The zero-order valence-electron chi connectivity index (χ0n) is 24.6. The standard InChI is InChI=1S/C33H37ClN2O7/c1-21-27(19-23-8-5-4-6-9-23)25(18-24-12-14-26(34)15-13-24)10-7-11-28(33(39)43-21)36-32(38)30-31(42-20-41-22(2)37)29(40-3)16-17-35-30/h4-6,8-9,12-17,21,25,27-28H,7,10-11,18-20H2,1-3H3,(H,36,38). The van der Waals surface area contributed by atoms with Crippen LogP contribution in [0.1, 0.15) is 54.7 Å². The summed E-state index contributed by atoms with van der Waals surface area (Å²) in [7, 11) is 1.42. The summed E-state index contributed by atoms with van der Waals surface area (Å²) in [6.07, 6.45) is 4.47. The van der Waals surface area contributed by atoms with Crippen molar-refractivity contribution in [3.63, 3.8) is 0 Å². The summed E-state index contributed by atoms with van der Waals surface area (Å²) in [6, 6.07) is 18.7. The van der Waals surface area contributed by atoms with E-state index in [0.717, 1.165) is 19.3 Å². The number of methoxy groups -OCH3 is 1. The summed E-state index contributed by atoms with van der Waals surface area (Å²) in [4.78, 5) is 42.2. The molecule has 228 valence electrons. The van der Waals surface area contributed by atoms with Crippen LogP contribution < -0.4 is 14.8 Å². The molecular weight excluding hydrogens is 572 g/mol. The molecule has 9 nitrogen and oxygen atoms in total. The summed E-state index contributed by atoms with van der Waals surface area (Å²) in [6.45, 7) is 2.74. The molecule has 3 aromatic rings. The van der Waals surface area contributed by atoms with Crippen molar-refractivity contribution in [2.24, 2.45) is 11.8 Å². The van der Waals surface area contributed by atoms with Gasteiger partial charge in [-0.15, -0.1) is 0 Å². The summed E-state index contributed by atoms with van der Waals surface area (Å²) < 4.78 is 21.7. The van der Waals surface area contributed by atoms with Gasteiger partial charge in [0.2, 0.25) is 6.79 Å². The van der Waals surface area contributed by atoms with Gasteiger partial charge in [0.15, 0.2) is 17.2 Å². The molecule has 1 aliphatic heterocycles. The monoisotopic (exact) mass is 608 g/mol. The molecule has 1 aliphatic rings. The lowest BCUT2D eigenvalue weighted by atomic mass is 9.77. The van der Waals surface area contributed by atoms with E-state index in [9.17, 15) is 14.4 Å². The number of nitrogens with zero attached hydrogens (tertiary/aromatic N) is 1. The minimum atomic E-state index is -0.893. The molecule has 4 atom stereocenters. The Morgan fingerprint density at radius 1 is 1.02 bits per heavy atom. The molecule has 1 N–H and O–H groups in total. The zero-order valence-corrected chi connectivity index (χ0v) is 25.3. The Bertz CT molecular complexity index is 1380. The van der Waals surface area contributed by atoms with Gasteiger partial charge in [-0.05, 0) is 61.8 Å².